The van der Waals surface area contributed by atoms with E-state index in [9.17, 15) is 0 Å². The van der Waals surface area contributed by atoms with Crippen LogP contribution in [0, 0.1) is 0 Å². The molecule has 0 bridgehead atoms. The van der Waals surface area contributed by atoms with Gasteiger partial charge in [0.1, 0.15) is 0 Å². The van der Waals surface area contributed by atoms with E-state index in [1.807, 2.05) is 54.6 Å². The molecular weight excluding hydrogens is 232 g/mol. The summed E-state index contributed by atoms with van der Waals surface area (Å²) in [6.45, 7) is 0.642. The zero-order chi connectivity index (χ0) is 11.9. The van der Waals surface area contributed by atoms with E-state index < -0.39 is 0 Å². The number of nitrogens with one attached hydrogen (secondary N) is 2. The molecule has 0 heterocycles. The molecule has 0 aliphatic rings. The minimum atomic E-state index is 0.642. The highest BCUT2D eigenvalue weighted by molar-refractivity contribution is 7.93. The molecule has 0 fully saturated rings. The minimum Gasteiger partial charge on any atom is -0.368 e. The zero-order valence-electron chi connectivity index (χ0n) is 9.26. The maximum absolute atomic E-state index is 8.94. The molecule has 2 aromatic carbocycles. The van der Waals surface area contributed by atoms with Crippen molar-refractivity contribution in [1.82, 2.24) is 0 Å². The quantitative estimate of drug-likeness (QED) is 0.555. The predicted molar refractivity (Wildman–Crippen MR) is 73.5 cm³/mol. The third kappa shape index (κ3) is 3.69. The van der Waals surface area contributed by atoms with Gasteiger partial charge in [0, 0.05) is 28.3 Å². The molecule has 0 radical (unpaired) electrons. The molecule has 17 heavy (non-hydrogen) atoms. The summed E-state index contributed by atoms with van der Waals surface area (Å²) >= 11 is 0.752. The van der Waals surface area contributed by atoms with Crippen LogP contribution in [0.2, 0.25) is 0 Å². The topological polar surface area (TPSA) is 44.3 Å². The van der Waals surface area contributed by atoms with Gasteiger partial charge in [0.2, 0.25) is 0 Å². The largest absolute Gasteiger partial charge is 0.368 e. The smallest absolute Gasteiger partial charge is 0.0849 e. The highest BCUT2D eigenvalue weighted by Crippen LogP contribution is 2.18. The van der Waals surface area contributed by atoms with Gasteiger partial charge in [0.25, 0.3) is 0 Å². The van der Waals surface area contributed by atoms with Crippen LogP contribution < -0.4 is 10.6 Å². The first kappa shape index (κ1) is 11.8. The van der Waals surface area contributed by atoms with Gasteiger partial charge in [-0.2, -0.15) is 0 Å². The second-order valence-electron chi connectivity index (χ2n) is 3.52. The Kier molecular flexibility index (Phi) is 4.30. The van der Waals surface area contributed by atoms with E-state index in [1.54, 1.807) is 0 Å². The second-order valence-corrected chi connectivity index (χ2v) is 4.17. The van der Waals surface area contributed by atoms with E-state index in [2.05, 4.69) is 10.6 Å². The normalized spacial score (nSPS) is 9.94. The van der Waals surface area contributed by atoms with Gasteiger partial charge in [-0.25, -0.2) is 0 Å². The molecule has 2 aromatic rings. The van der Waals surface area contributed by atoms with Crippen LogP contribution in [0.15, 0.2) is 59.5 Å². The average Bonchev–Trinajstić information content (AvgIpc) is 2.40. The van der Waals surface area contributed by atoms with E-state index in [1.165, 1.54) is 0 Å². The maximum Gasteiger partial charge on any atom is 0.0849 e. The highest BCUT2D eigenvalue weighted by Gasteiger charge is 1.94. The lowest BCUT2D eigenvalue weighted by Crippen LogP contribution is -2.11. The van der Waals surface area contributed by atoms with Gasteiger partial charge in [-0.15, -0.1) is 0 Å². The fourth-order valence-electron chi connectivity index (χ4n) is 1.47. The van der Waals surface area contributed by atoms with Gasteiger partial charge in [-0.1, -0.05) is 24.3 Å². The fraction of sp³-hybridized carbons (Fsp3) is 0.0769. The monoisotopic (exact) mass is 246 g/mol. The summed E-state index contributed by atoms with van der Waals surface area (Å²) in [5, 5.41) is 6.48. The van der Waals surface area contributed by atoms with E-state index in [0.717, 1.165) is 28.3 Å². The van der Waals surface area contributed by atoms with Crippen molar-refractivity contribution in [2.45, 2.75) is 4.90 Å². The van der Waals surface area contributed by atoms with Crippen molar-refractivity contribution in [2.24, 2.45) is 0 Å². The Morgan fingerprint density at radius 3 is 2.35 bits per heavy atom. The molecule has 0 unspecified atom stereocenters. The van der Waals surface area contributed by atoms with Crippen LogP contribution >= 0.6 is 12.0 Å². The van der Waals surface area contributed by atoms with Crippen LogP contribution in [0.1, 0.15) is 0 Å². The molecule has 0 saturated carbocycles. The predicted octanol–water partition coefficient (Wildman–Crippen LogP) is 3.73. The third-order valence-corrected chi connectivity index (χ3v) is 2.76. The Morgan fingerprint density at radius 1 is 0.882 bits per heavy atom. The van der Waals surface area contributed by atoms with Crippen molar-refractivity contribution in [3.8, 4) is 0 Å². The molecule has 0 amide bonds. The zero-order valence-corrected chi connectivity index (χ0v) is 10.1. The van der Waals surface area contributed by atoms with E-state index in [-0.39, 0.29) is 0 Å². The van der Waals surface area contributed by atoms with E-state index >= 15 is 0 Å². The van der Waals surface area contributed by atoms with Crippen molar-refractivity contribution in [3.05, 3.63) is 54.6 Å². The number of rotatable bonds is 5. The van der Waals surface area contributed by atoms with Crippen LogP contribution in [-0.2, 0) is 0 Å². The Labute approximate surface area is 105 Å². The molecule has 3 N–H and O–H groups in total. The fourth-order valence-corrected chi connectivity index (χ4v) is 1.79. The Hall–Kier alpha value is -1.65. The minimum absolute atomic E-state index is 0.642. The van der Waals surface area contributed by atoms with E-state index in [4.69, 9.17) is 4.55 Å². The lowest BCUT2D eigenvalue weighted by molar-refractivity contribution is 0.664. The number of anilines is 2. The van der Waals surface area contributed by atoms with Gasteiger partial charge in [-0.05, 0) is 30.3 Å². The molecule has 0 aromatic heterocycles. The molecule has 0 aliphatic heterocycles. The van der Waals surface area contributed by atoms with Gasteiger partial charge >= 0.3 is 0 Å². The van der Waals surface area contributed by atoms with Crippen LogP contribution in [-0.4, -0.2) is 11.2 Å². The second kappa shape index (κ2) is 6.18. The first-order valence-corrected chi connectivity index (χ1v) is 6.10. The molecule has 0 atom stereocenters. The summed E-state index contributed by atoms with van der Waals surface area (Å²) in [4.78, 5) is 0.828. The molecule has 2 rings (SSSR count). The number of benzene rings is 2. The highest BCUT2D eigenvalue weighted by atomic mass is 32.2. The van der Waals surface area contributed by atoms with Crippen molar-refractivity contribution >= 4 is 23.4 Å². The van der Waals surface area contributed by atoms with Crippen LogP contribution in [0.25, 0.3) is 0 Å². The molecule has 88 valence electrons. The molecule has 3 nitrogen and oxygen atoms in total. The molecule has 0 aliphatic carbocycles. The Morgan fingerprint density at radius 2 is 1.59 bits per heavy atom. The lowest BCUT2D eigenvalue weighted by Gasteiger charge is -2.09. The Balaban J connectivity index is 1.86. The number of hydrogen-bond donors (Lipinski definition) is 3. The third-order valence-electron chi connectivity index (χ3n) is 2.30. The van der Waals surface area contributed by atoms with E-state index in [0.29, 0.717) is 6.67 Å². The van der Waals surface area contributed by atoms with Crippen LogP contribution in [0.4, 0.5) is 11.4 Å². The molecule has 4 heteroatoms. The van der Waals surface area contributed by atoms with Gasteiger partial charge in [0.05, 0.1) is 6.67 Å². The summed E-state index contributed by atoms with van der Waals surface area (Å²) in [7, 11) is 0. The first-order chi connectivity index (χ1) is 8.38. The lowest BCUT2D eigenvalue weighted by atomic mass is 10.3. The van der Waals surface area contributed by atoms with Crippen molar-refractivity contribution in [2.75, 3.05) is 17.3 Å². The Bertz CT molecular complexity index is 462. The van der Waals surface area contributed by atoms with Gasteiger partial charge in [-0.3, -0.25) is 0 Å². The molecule has 0 spiro atoms. The van der Waals surface area contributed by atoms with Crippen molar-refractivity contribution in [1.29, 1.82) is 0 Å². The summed E-state index contributed by atoms with van der Waals surface area (Å²) < 4.78 is 8.94. The molecular formula is C13H14N2OS. The molecule has 0 saturated heterocycles. The summed E-state index contributed by atoms with van der Waals surface area (Å²) in [6.07, 6.45) is 0. The number of para-hydroxylation sites is 1. The van der Waals surface area contributed by atoms with Gasteiger partial charge in [0.15, 0.2) is 0 Å². The summed E-state index contributed by atoms with van der Waals surface area (Å²) in [5.74, 6) is 0. The SMILES string of the molecule is OSc1cccc(NCNc2ccccc2)c1. The number of hydrogen-bond acceptors (Lipinski definition) is 4. The van der Waals surface area contributed by atoms with Gasteiger partial charge < -0.3 is 15.2 Å². The van der Waals surface area contributed by atoms with Crippen molar-refractivity contribution in [3.63, 3.8) is 0 Å². The first-order valence-electron chi connectivity index (χ1n) is 5.33. The van der Waals surface area contributed by atoms with Crippen LogP contribution in [0.5, 0.6) is 0 Å². The maximum atomic E-state index is 8.94. The summed E-state index contributed by atoms with van der Waals surface area (Å²) in [5.41, 5.74) is 2.06. The van der Waals surface area contributed by atoms with Crippen LogP contribution in [0.3, 0.4) is 0 Å². The summed E-state index contributed by atoms with van der Waals surface area (Å²) in [6, 6.07) is 17.6. The van der Waals surface area contributed by atoms with Crippen molar-refractivity contribution < 1.29 is 4.55 Å². The average molecular weight is 246 g/mol. The standard InChI is InChI=1S/C13H14N2OS/c16-17-13-8-4-7-12(9-13)15-10-14-11-5-2-1-3-6-11/h1-9,14-16H,10H2.